The highest BCUT2D eigenvalue weighted by molar-refractivity contribution is 7.03. The molecule has 0 atom stereocenters. The molecule has 13 rings (SSSR count). The van der Waals surface area contributed by atoms with Crippen LogP contribution in [0.1, 0.15) is 0 Å². The smallest absolute Gasteiger partial charge is 0.159 e. The number of benzene rings is 11. The predicted molar refractivity (Wildman–Crippen MR) is 299 cm³/mol. The molecule has 0 bridgehead atoms. The lowest BCUT2D eigenvalue weighted by Crippen LogP contribution is -2.56. The van der Waals surface area contributed by atoms with Crippen LogP contribution in [0.15, 0.2) is 253 Å². The minimum absolute atomic E-state index is 0.282. The van der Waals surface area contributed by atoms with Gasteiger partial charge in [0.05, 0.1) is 11.4 Å². The molecule has 3 nitrogen and oxygen atoms in total. The first kappa shape index (κ1) is 42.3. The van der Waals surface area contributed by atoms with E-state index in [0.717, 1.165) is 78.2 Å². The predicted octanol–water partition coefficient (Wildman–Crippen LogP) is 17.6. The molecule has 11 aromatic carbocycles. The lowest BCUT2D eigenvalue weighted by atomic mass is 9.91. The van der Waals surface area contributed by atoms with Crippen molar-refractivity contribution in [3.63, 3.8) is 0 Å². The topological polar surface area (TPSA) is 19.6 Å². The summed E-state index contributed by atoms with van der Waals surface area (Å²) in [5.41, 5.74) is 15.6. The first-order chi connectivity index (χ1) is 34.9. The van der Waals surface area contributed by atoms with Crippen LogP contribution in [0.4, 0.5) is 38.5 Å². The van der Waals surface area contributed by atoms with Crippen LogP contribution < -0.4 is 20.2 Å². The Labute approximate surface area is 414 Å². The molecule has 0 spiro atoms. The van der Waals surface area contributed by atoms with Crippen LogP contribution in [-0.4, -0.2) is 8.07 Å². The van der Waals surface area contributed by atoms with Crippen LogP contribution >= 0.6 is 0 Å². The second-order valence-electron chi connectivity index (χ2n) is 19.0. The molecule has 1 aliphatic heterocycles. The molecule has 71 heavy (non-hydrogen) atoms. The van der Waals surface area contributed by atoms with Crippen LogP contribution in [0.2, 0.25) is 13.1 Å². The van der Waals surface area contributed by atoms with Crippen LogP contribution in [0.5, 0.6) is 0 Å². The first-order valence-electron chi connectivity index (χ1n) is 24.3. The van der Waals surface area contributed by atoms with Gasteiger partial charge in [-0.15, -0.1) is 0 Å². The molecule has 1 aromatic heterocycles. The van der Waals surface area contributed by atoms with Gasteiger partial charge in [0.25, 0.3) is 0 Å². The van der Waals surface area contributed by atoms with Gasteiger partial charge in [0.15, 0.2) is 5.58 Å². The molecule has 0 saturated carbocycles. The Kier molecular flexibility index (Phi) is 10.2. The first-order valence-corrected chi connectivity index (χ1v) is 27.3. The van der Waals surface area contributed by atoms with E-state index in [1.165, 1.54) is 37.8 Å². The van der Waals surface area contributed by atoms with Gasteiger partial charge in [0.1, 0.15) is 19.5 Å². The number of fused-ring (bicyclic) bond motifs is 5. The third kappa shape index (κ3) is 7.08. The third-order valence-corrected chi connectivity index (χ3v) is 18.0. The third-order valence-electron chi connectivity index (χ3n) is 14.5. The molecule has 1 aliphatic rings. The summed E-state index contributed by atoms with van der Waals surface area (Å²) < 4.78 is 24.0. The summed E-state index contributed by atoms with van der Waals surface area (Å²) in [6, 6.07) is 86.8. The van der Waals surface area contributed by atoms with E-state index < -0.39 is 8.07 Å². The largest absolute Gasteiger partial charge is 0.454 e. The van der Waals surface area contributed by atoms with E-state index in [1.54, 1.807) is 6.07 Å². The Balaban J connectivity index is 0.924. The van der Waals surface area contributed by atoms with Gasteiger partial charge < -0.3 is 14.2 Å². The van der Waals surface area contributed by atoms with E-state index in [9.17, 15) is 0 Å². The molecule has 0 aliphatic carbocycles. The molecule has 12 aromatic rings. The Morgan fingerprint density at radius 3 is 1.65 bits per heavy atom. The number of furan rings is 1. The standard InChI is InChI=1S/C66H47FN2OSi/c1-71(2)62-32-18-28-55-52(46-33-35-50(36-34-46)68(48-23-11-5-12-24-48)60-30-17-29-57-53-27-15-16-31-61(53)70-66(57)60)39-40-56(64(55)62)54-38-37-51(43-63(54)71)69(49-25-13-6-14-26-49)65-58(45-21-9-4-10-22-45)41-47(42-59(65)67)44-19-7-3-8-20-44/h3-43H,1-2H3. The second kappa shape index (κ2) is 17.0. The molecular formula is C66H47FN2OSi. The Morgan fingerprint density at radius 2 is 0.915 bits per heavy atom. The van der Waals surface area contributed by atoms with Gasteiger partial charge in [-0.3, -0.25) is 0 Å². The van der Waals surface area contributed by atoms with Crippen molar-refractivity contribution in [2.75, 3.05) is 9.80 Å². The zero-order chi connectivity index (χ0) is 47.6. The van der Waals surface area contributed by atoms with Crippen molar-refractivity contribution in [3.05, 3.63) is 255 Å². The summed E-state index contributed by atoms with van der Waals surface area (Å²) >= 11 is 0. The number of halogens is 1. The van der Waals surface area contributed by atoms with Gasteiger partial charge in [-0.25, -0.2) is 4.39 Å². The van der Waals surface area contributed by atoms with E-state index in [0.29, 0.717) is 5.69 Å². The molecule has 2 heterocycles. The minimum atomic E-state index is -2.38. The number of anilines is 6. The van der Waals surface area contributed by atoms with Gasteiger partial charge >= 0.3 is 0 Å². The minimum Gasteiger partial charge on any atom is -0.454 e. The monoisotopic (exact) mass is 930 g/mol. The van der Waals surface area contributed by atoms with Gasteiger partial charge in [-0.1, -0.05) is 189 Å². The Bertz CT molecular complexity index is 3970. The van der Waals surface area contributed by atoms with Gasteiger partial charge in [0.2, 0.25) is 0 Å². The molecule has 0 fully saturated rings. The molecule has 5 heteroatoms. The summed E-state index contributed by atoms with van der Waals surface area (Å²) in [6.07, 6.45) is 0. The Morgan fingerprint density at radius 1 is 0.366 bits per heavy atom. The normalized spacial score (nSPS) is 12.5. The lowest BCUT2D eigenvalue weighted by Gasteiger charge is -2.36. The van der Waals surface area contributed by atoms with Gasteiger partial charge in [-0.2, -0.15) is 0 Å². The van der Waals surface area contributed by atoms with E-state index >= 15 is 4.39 Å². The van der Waals surface area contributed by atoms with E-state index in [4.69, 9.17) is 4.42 Å². The van der Waals surface area contributed by atoms with Crippen molar-refractivity contribution in [2.24, 2.45) is 0 Å². The SMILES string of the molecule is C[Si]1(C)c2cc(N(c3ccccc3)c3c(F)cc(-c4ccccc4)cc3-c3ccccc3)ccc2-c2ccc(-c3ccc(N(c4ccccc4)c4cccc5c4oc4ccccc45)cc3)c3cccc1c23. The van der Waals surface area contributed by atoms with Crippen molar-refractivity contribution in [3.8, 4) is 44.5 Å². The summed E-state index contributed by atoms with van der Waals surface area (Å²) in [5, 5.41) is 7.50. The van der Waals surface area contributed by atoms with E-state index in [-0.39, 0.29) is 5.82 Å². The highest BCUT2D eigenvalue weighted by atomic mass is 28.3. The van der Waals surface area contributed by atoms with Crippen molar-refractivity contribution < 1.29 is 8.81 Å². The average Bonchev–Trinajstić information content (AvgIpc) is 3.82. The Hall–Kier alpha value is -8.77. The summed E-state index contributed by atoms with van der Waals surface area (Å²) in [7, 11) is -2.38. The lowest BCUT2D eigenvalue weighted by molar-refractivity contribution is 0.630. The summed E-state index contributed by atoms with van der Waals surface area (Å²) in [5.74, 6) is -0.282. The van der Waals surface area contributed by atoms with Gasteiger partial charge in [0, 0.05) is 39.1 Å². The maximum absolute atomic E-state index is 17.4. The molecular weight excluding hydrogens is 884 g/mol. The highest BCUT2D eigenvalue weighted by Crippen LogP contribution is 2.47. The van der Waals surface area contributed by atoms with Crippen molar-refractivity contribution in [1.29, 1.82) is 0 Å². The maximum atomic E-state index is 17.4. The zero-order valence-electron chi connectivity index (χ0n) is 39.4. The average molecular weight is 931 g/mol. The quantitative estimate of drug-likeness (QED) is 0.135. The second-order valence-corrected chi connectivity index (χ2v) is 23.3. The van der Waals surface area contributed by atoms with Gasteiger partial charge in [-0.05, 0) is 133 Å². The highest BCUT2D eigenvalue weighted by Gasteiger charge is 2.37. The maximum Gasteiger partial charge on any atom is 0.159 e. The molecule has 0 unspecified atom stereocenters. The van der Waals surface area contributed by atoms with Crippen molar-refractivity contribution >= 4 is 85.3 Å². The van der Waals surface area contributed by atoms with Crippen LogP contribution in [0.25, 0.3) is 77.2 Å². The molecule has 0 N–H and O–H groups in total. The molecule has 0 saturated heterocycles. The summed E-state index contributed by atoms with van der Waals surface area (Å²) in [4.78, 5) is 4.41. The van der Waals surface area contributed by atoms with Crippen molar-refractivity contribution in [1.82, 2.24) is 0 Å². The fourth-order valence-electron chi connectivity index (χ4n) is 11.1. The number of rotatable bonds is 9. The number of hydrogen-bond donors (Lipinski definition) is 0. The van der Waals surface area contributed by atoms with Crippen molar-refractivity contribution in [2.45, 2.75) is 13.1 Å². The van der Waals surface area contributed by atoms with Crippen LogP contribution in [-0.2, 0) is 0 Å². The van der Waals surface area contributed by atoms with Crippen LogP contribution in [0.3, 0.4) is 0 Å². The van der Waals surface area contributed by atoms with Crippen LogP contribution in [0, 0.1) is 5.82 Å². The summed E-state index contributed by atoms with van der Waals surface area (Å²) in [6.45, 7) is 4.93. The fraction of sp³-hybridized carbons (Fsp3) is 0.0303. The van der Waals surface area contributed by atoms with E-state index in [2.05, 4.69) is 187 Å². The molecule has 0 amide bonds. The number of nitrogens with zero attached hydrogens (tertiary/aromatic N) is 2. The molecule has 338 valence electrons. The molecule has 0 radical (unpaired) electrons. The van der Waals surface area contributed by atoms with E-state index in [1.807, 2.05) is 78.9 Å². The number of para-hydroxylation sites is 4. The fourth-order valence-corrected chi connectivity index (χ4v) is 14.2. The number of hydrogen-bond acceptors (Lipinski definition) is 3. The zero-order valence-corrected chi connectivity index (χ0v) is 40.4.